The van der Waals surface area contributed by atoms with Gasteiger partial charge in [0.25, 0.3) is 0 Å². The average Bonchev–Trinajstić information content (AvgIpc) is 1.98. The Morgan fingerprint density at radius 2 is 1.77 bits per heavy atom. The Morgan fingerprint density at radius 3 is 2.15 bits per heavy atom. The van der Waals surface area contributed by atoms with E-state index in [1.807, 2.05) is 7.05 Å². The summed E-state index contributed by atoms with van der Waals surface area (Å²) in [4.78, 5) is 0. The normalized spacial score (nSPS) is 14.5. The minimum atomic E-state index is 0.494. The monoisotopic (exact) mass is 185 g/mol. The van der Waals surface area contributed by atoms with E-state index in [2.05, 4.69) is 33.0 Å². The third-order valence-corrected chi connectivity index (χ3v) is 2.40. The van der Waals surface area contributed by atoms with E-state index in [0.29, 0.717) is 5.41 Å². The number of hydrogen-bond acceptors (Lipinski definition) is 1. The van der Waals surface area contributed by atoms with Crippen LogP contribution in [0.3, 0.4) is 0 Å². The molecule has 0 aliphatic heterocycles. The average molecular weight is 185 g/mol. The van der Waals surface area contributed by atoms with Gasteiger partial charge in [0, 0.05) is 0 Å². The van der Waals surface area contributed by atoms with Crippen LogP contribution in [0, 0.1) is 11.3 Å². The van der Waals surface area contributed by atoms with E-state index < -0.39 is 0 Å². The van der Waals surface area contributed by atoms with Crippen LogP contribution in [0.4, 0.5) is 0 Å². The summed E-state index contributed by atoms with van der Waals surface area (Å²) >= 11 is 0. The predicted octanol–water partition coefficient (Wildman–Crippen LogP) is 3.45. The van der Waals surface area contributed by atoms with Gasteiger partial charge in [-0.25, -0.2) is 0 Å². The number of hydrogen-bond donors (Lipinski definition) is 1. The van der Waals surface area contributed by atoms with Gasteiger partial charge in [-0.05, 0) is 37.8 Å². The van der Waals surface area contributed by atoms with Crippen LogP contribution in [0.1, 0.15) is 53.4 Å². The van der Waals surface area contributed by atoms with Crippen molar-refractivity contribution in [3.05, 3.63) is 0 Å². The van der Waals surface area contributed by atoms with Crippen LogP contribution in [-0.4, -0.2) is 13.6 Å². The highest BCUT2D eigenvalue weighted by molar-refractivity contribution is 4.69. The van der Waals surface area contributed by atoms with Crippen molar-refractivity contribution < 1.29 is 0 Å². The van der Waals surface area contributed by atoms with Crippen molar-refractivity contribution in [3.63, 3.8) is 0 Å². The Hall–Kier alpha value is -0.0400. The molecule has 1 heteroatoms. The SMILES string of the molecule is CCCC(CCNC)CC(C)(C)C. The zero-order valence-electron chi connectivity index (χ0n) is 10.1. The lowest BCUT2D eigenvalue weighted by Gasteiger charge is -2.25. The van der Waals surface area contributed by atoms with Crippen LogP contribution in [0.25, 0.3) is 0 Å². The fourth-order valence-electron chi connectivity index (χ4n) is 1.97. The topological polar surface area (TPSA) is 12.0 Å². The molecule has 0 rings (SSSR count). The summed E-state index contributed by atoms with van der Waals surface area (Å²) in [5, 5.41) is 3.24. The van der Waals surface area contributed by atoms with Crippen LogP contribution in [0.15, 0.2) is 0 Å². The molecule has 1 N–H and O–H groups in total. The fourth-order valence-corrected chi connectivity index (χ4v) is 1.97. The third kappa shape index (κ3) is 8.29. The largest absolute Gasteiger partial charge is 0.320 e. The molecule has 0 saturated heterocycles. The summed E-state index contributed by atoms with van der Waals surface area (Å²) in [5.74, 6) is 0.914. The highest BCUT2D eigenvalue weighted by Crippen LogP contribution is 2.28. The van der Waals surface area contributed by atoms with Gasteiger partial charge in [-0.3, -0.25) is 0 Å². The summed E-state index contributed by atoms with van der Waals surface area (Å²) in [6.45, 7) is 10.5. The Bertz CT molecular complexity index is 113. The van der Waals surface area contributed by atoms with Gasteiger partial charge in [0.05, 0.1) is 0 Å². The summed E-state index contributed by atoms with van der Waals surface area (Å²) in [6, 6.07) is 0. The van der Waals surface area contributed by atoms with Gasteiger partial charge in [-0.1, -0.05) is 40.5 Å². The summed E-state index contributed by atoms with van der Waals surface area (Å²) in [7, 11) is 2.04. The molecule has 0 aromatic heterocycles. The van der Waals surface area contributed by atoms with E-state index >= 15 is 0 Å². The predicted molar refractivity (Wildman–Crippen MR) is 61.0 cm³/mol. The molecule has 0 aromatic rings. The van der Waals surface area contributed by atoms with E-state index in [9.17, 15) is 0 Å². The molecule has 1 nitrogen and oxygen atoms in total. The second-order valence-corrected chi connectivity index (χ2v) is 5.31. The number of rotatable bonds is 6. The maximum atomic E-state index is 3.24. The van der Waals surface area contributed by atoms with Crippen molar-refractivity contribution >= 4 is 0 Å². The van der Waals surface area contributed by atoms with Gasteiger partial charge < -0.3 is 5.32 Å². The lowest BCUT2D eigenvalue weighted by molar-refractivity contribution is 0.268. The van der Waals surface area contributed by atoms with Crippen molar-refractivity contribution in [1.82, 2.24) is 5.32 Å². The molecule has 0 bridgehead atoms. The quantitative estimate of drug-likeness (QED) is 0.668. The van der Waals surface area contributed by atoms with Crippen LogP contribution >= 0.6 is 0 Å². The number of nitrogens with one attached hydrogen (secondary N) is 1. The van der Waals surface area contributed by atoms with Gasteiger partial charge in [0.15, 0.2) is 0 Å². The molecular weight excluding hydrogens is 158 g/mol. The third-order valence-electron chi connectivity index (χ3n) is 2.40. The molecule has 0 heterocycles. The van der Waals surface area contributed by atoms with Gasteiger partial charge >= 0.3 is 0 Å². The summed E-state index contributed by atoms with van der Waals surface area (Å²) in [5.41, 5.74) is 0.494. The summed E-state index contributed by atoms with van der Waals surface area (Å²) < 4.78 is 0. The Kier molecular flexibility index (Phi) is 6.40. The smallest absolute Gasteiger partial charge is 0.00493 e. The lowest BCUT2D eigenvalue weighted by atomic mass is 9.81. The molecule has 80 valence electrons. The second kappa shape index (κ2) is 6.42. The first-order valence-electron chi connectivity index (χ1n) is 5.64. The van der Waals surface area contributed by atoms with Crippen molar-refractivity contribution in [1.29, 1.82) is 0 Å². The van der Waals surface area contributed by atoms with Crippen molar-refractivity contribution in [3.8, 4) is 0 Å². The minimum absolute atomic E-state index is 0.494. The van der Waals surface area contributed by atoms with E-state index in [1.54, 1.807) is 0 Å². The van der Waals surface area contributed by atoms with Crippen molar-refractivity contribution in [2.45, 2.75) is 53.4 Å². The molecular formula is C12H27N. The fraction of sp³-hybridized carbons (Fsp3) is 1.00. The lowest BCUT2D eigenvalue weighted by Crippen LogP contribution is -2.18. The Balaban J connectivity index is 3.79. The molecule has 1 atom stereocenters. The van der Waals surface area contributed by atoms with E-state index in [1.165, 1.54) is 32.2 Å². The van der Waals surface area contributed by atoms with Gasteiger partial charge in [-0.2, -0.15) is 0 Å². The van der Waals surface area contributed by atoms with Gasteiger partial charge in [-0.15, -0.1) is 0 Å². The van der Waals surface area contributed by atoms with Crippen molar-refractivity contribution in [2.24, 2.45) is 11.3 Å². The minimum Gasteiger partial charge on any atom is -0.320 e. The molecule has 0 radical (unpaired) electrons. The molecule has 1 unspecified atom stereocenters. The van der Waals surface area contributed by atoms with Gasteiger partial charge in [0.1, 0.15) is 0 Å². The first kappa shape index (κ1) is 13.0. The zero-order chi connectivity index (χ0) is 10.3. The van der Waals surface area contributed by atoms with Crippen LogP contribution in [0.2, 0.25) is 0 Å². The standard InChI is InChI=1S/C12H27N/c1-6-7-11(8-9-13-5)10-12(2,3)4/h11,13H,6-10H2,1-5H3. The molecule has 0 spiro atoms. The Labute approximate surface area is 84.3 Å². The van der Waals surface area contributed by atoms with E-state index in [4.69, 9.17) is 0 Å². The maximum Gasteiger partial charge on any atom is -0.00493 e. The maximum absolute atomic E-state index is 3.24. The molecule has 13 heavy (non-hydrogen) atoms. The second-order valence-electron chi connectivity index (χ2n) is 5.31. The first-order valence-corrected chi connectivity index (χ1v) is 5.64. The zero-order valence-corrected chi connectivity index (χ0v) is 10.1. The molecule has 0 fully saturated rings. The van der Waals surface area contributed by atoms with E-state index in [0.717, 1.165) is 5.92 Å². The highest BCUT2D eigenvalue weighted by Gasteiger charge is 2.17. The summed E-state index contributed by atoms with van der Waals surface area (Å²) in [6.07, 6.45) is 5.41. The Morgan fingerprint density at radius 1 is 1.15 bits per heavy atom. The van der Waals surface area contributed by atoms with Crippen LogP contribution in [0.5, 0.6) is 0 Å². The molecule has 0 aliphatic carbocycles. The molecule has 0 saturated carbocycles. The van der Waals surface area contributed by atoms with Crippen LogP contribution < -0.4 is 5.32 Å². The first-order chi connectivity index (χ1) is 5.99. The van der Waals surface area contributed by atoms with Gasteiger partial charge in [0.2, 0.25) is 0 Å². The van der Waals surface area contributed by atoms with Crippen molar-refractivity contribution in [2.75, 3.05) is 13.6 Å². The molecule has 0 aliphatic rings. The van der Waals surface area contributed by atoms with E-state index in [-0.39, 0.29) is 0 Å². The van der Waals surface area contributed by atoms with Crippen LogP contribution in [-0.2, 0) is 0 Å². The highest BCUT2D eigenvalue weighted by atomic mass is 14.8. The molecule has 0 aromatic carbocycles. The molecule has 0 amide bonds.